The molecule has 7 N–H and O–H groups in total. The highest BCUT2D eigenvalue weighted by atomic mass is 16.1. The fraction of sp³-hybridized carbons (Fsp3) is 0. The van der Waals surface area contributed by atoms with Crippen LogP contribution in [0.5, 0.6) is 0 Å². The Bertz CT molecular complexity index is 696. The minimum Gasteiger partial charge on any atom is -0.370 e. The standard InChI is InChI=1S/C11H12N6O/c12-10(13)17-11(14)16-8-3-1-2-7-6(8)4-5-15-9(7)18/h1-5H,(H,15,18)(H6,12,13,14,16,17). The highest BCUT2D eigenvalue weighted by molar-refractivity contribution is 5.98. The molecule has 0 aliphatic rings. The van der Waals surface area contributed by atoms with Gasteiger partial charge < -0.3 is 22.2 Å². The molecule has 0 saturated heterocycles. The number of H-pyrrole nitrogens is 1. The van der Waals surface area contributed by atoms with E-state index in [0.29, 0.717) is 16.5 Å². The quantitative estimate of drug-likeness (QED) is 0.406. The average molecular weight is 244 g/mol. The SMILES string of the molecule is NC(N)=NC(N)=Nc1cccc2c(=O)[nH]ccc12. The van der Waals surface area contributed by atoms with E-state index in [-0.39, 0.29) is 17.5 Å². The van der Waals surface area contributed by atoms with Crippen LogP contribution < -0.4 is 22.8 Å². The Balaban J connectivity index is 2.63. The summed E-state index contributed by atoms with van der Waals surface area (Å²) in [5, 5.41) is 1.20. The molecule has 92 valence electrons. The molecule has 2 aromatic rings. The largest absolute Gasteiger partial charge is 0.370 e. The smallest absolute Gasteiger partial charge is 0.255 e. The second-order valence-corrected chi connectivity index (χ2v) is 3.55. The van der Waals surface area contributed by atoms with E-state index < -0.39 is 0 Å². The Hall–Kier alpha value is -2.83. The Morgan fingerprint density at radius 3 is 2.61 bits per heavy atom. The van der Waals surface area contributed by atoms with Crippen molar-refractivity contribution in [2.75, 3.05) is 0 Å². The second kappa shape index (κ2) is 4.58. The first-order valence-corrected chi connectivity index (χ1v) is 5.12. The van der Waals surface area contributed by atoms with E-state index in [1.54, 1.807) is 30.5 Å². The predicted octanol–water partition coefficient (Wildman–Crippen LogP) is -0.252. The van der Waals surface area contributed by atoms with Gasteiger partial charge in [-0.15, -0.1) is 0 Å². The normalized spacial score (nSPS) is 11.4. The Morgan fingerprint density at radius 1 is 1.11 bits per heavy atom. The molecule has 1 heterocycles. The van der Waals surface area contributed by atoms with Crippen LogP contribution in [0.1, 0.15) is 0 Å². The summed E-state index contributed by atoms with van der Waals surface area (Å²) in [5.41, 5.74) is 16.3. The van der Waals surface area contributed by atoms with Gasteiger partial charge in [-0.2, -0.15) is 4.99 Å². The molecule has 2 rings (SSSR count). The number of aliphatic imine (C=N–C) groups is 2. The van der Waals surface area contributed by atoms with Crippen LogP contribution in [-0.2, 0) is 0 Å². The zero-order chi connectivity index (χ0) is 13.1. The maximum atomic E-state index is 11.6. The maximum Gasteiger partial charge on any atom is 0.255 e. The third kappa shape index (κ3) is 2.29. The van der Waals surface area contributed by atoms with Gasteiger partial charge in [0.15, 0.2) is 5.96 Å². The fourth-order valence-electron chi connectivity index (χ4n) is 1.58. The van der Waals surface area contributed by atoms with E-state index in [1.807, 2.05) is 0 Å². The molecule has 0 bridgehead atoms. The number of hydrogen-bond acceptors (Lipinski definition) is 2. The molecule has 0 aliphatic carbocycles. The first kappa shape index (κ1) is 11.6. The summed E-state index contributed by atoms with van der Waals surface area (Å²) in [6.07, 6.45) is 1.54. The molecule has 0 unspecified atom stereocenters. The highest BCUT2D eigenvalue weighted by Crippen LogP contribution is 2.22. The van der Waals surface area contributed by atoms with Gasteiger partial charge in [0.05, 0.1) is 5.69 Å². The number of benzene rings is 1. The van der Waals surface area contributed by atoms with Crippen LogP contribution in [0, 0.1) is 0 Å². The number of pyridine rings is 1. The van der Waals surface area contributed by atoms with E-state index >= 15 is 0 Å². The van der Waals surface area contributed by atoms with Gasteiger partial charge in [0, 0.05) is 17.0 Å². The van der Waals surface area contributed by atoms with Gasteiger partial charge >= 0.3 is 0 Å². The lowest BCUT2D eigenvalue weighted by atomic mass is 10.1. The van der Waals surface area contributed by atoms with Crippen LogP contribution in [0.3, 0.4) is 0 Å². The van der Waals surface area contributed by atoms with Gasteiger partial charge in [-0.05, 0) is 18.2 Å². The molecule has 0 atom stereocenters. The van der Waals surface area contributed by atoms with E-state index in [0.717, 1.165) is 0 Å². The van der Waals surface area contributed by atoms with E-state index in [4.69, 9.17) is 17.2 Å². The number of nitrogens with one attached hydrogen (secondary N) is 1. The van der Waals surface area contributed by atoms with Crippen molar-refractivity contribution < 1.29 is 0 Å². The van der Waals surface area contributed by atoms with E-state index in [2.05, 4.69) is 15.0 Å². The Kier molecular flexibility index (Phi) is 2.96. The molecule has 0 radical (unpaired) electrons. The summed E-state index contributed by atoms with van der Waals surface area (Å²) >= 11 is 0. The summed E-state index contributed by atoms with van der Waals surface area (Å²) in [7, 11) is 0. The van der Waals surface area contributed by atoms with Crippen LogP contribution >= 0.6 is 0 Å². The van der Waals surface area contributed by atoms with E-state index in [9.17, 15) is 4.79 Å². The maximum absolute atomic E-state index is 11.6. The molecular formula is C11H12N6O. The van der Waals surface area contributed by atoms with Crippen molar-refractivity contribution in [2.24, 2.45) is 27.2 Å². The molecule has 7 nitrogen and oxygen atoms in total. The number of nitrogens with two attached hydrogens (primary N) is 3. The third-order valence-electron chi connectivity index (χ3n) is 2.27. The molecular weight excluding hydrogens is 232 g/mol. The fourth-order valence-corrected chi connectivity index (χ4v) is 1.58. The minimum absolute atomic E-state index is 0.0669. The van der Waals surface area contributed by atoms with Gasteiger partial charge in [0.2, 0.25) is 5.96 Å². The van der Waals surface area contributed by atoms with Crippen molar-refractivity contribution in [2.45, 2.75) is 0 Å². The molecule has 0 saturated carbocycles. The molecule has 0 amide bonds. The van der Waals surface area contributed by atoms with Gasteiger partial charge in [0.1, 0.15) is 0 Å². The zero-order valence-corrected chi connectivity index (χ0v) is 9.42. The first-order valence-electron chi connectivity index (χ1n) is 5.12. The number of rotatable bonds is 1. The second-order valence-electron chi connectivity index (χ2n) is 3.55. The third-order valence-corrected chi connectivity index (χ3v) is 2.27. The molecule has 1 aromatic heterocycles. The van der Waals surface area contributed by atoms with Crippen LogP contribution in [0.25, 0.3) is 10.8 Å². The molecule has 1 aromatic carbocycles. The summed E-state index contributed by atoms with van der Waals surface area (Å²) in [6, 6.07) is 6.86. The molecule has 7 heteroatoms. The summed E-state index contributed by atoms with van der Waals surface area (Å²) in [5.74, 6) is -0.239. The van der Waals surface area contributed by atoms with Crippen LogP contribution in [0.2, 0.25) is 0 Å². The van der Waals surface area contributed by atoms with E-state index in [1.165, 1.54) is 0 Å². The number of hydrogen-bond donors (Lipinski definition) is 4. The van der Waals surface area contributed by atoms with Crippen molar-refractivity contribution >= 4 is 28.4 Å². The molecule has 18 heavy (non-hydrogen) atoms. The van der Waals surface area contributed by atoms with Crippen molar-refractivity contribution in [3.8, 4) is 0 Å². The number of fused-ring (bicyclic) bond motifs is 1. The average Bonchev–Trinajstić information content (AvgIpc) is 2.29. The Morgan fingerprint density at radius 2 is 1.89 bits per heavy atom. The summed E-state index contributed by atoms with van der Waals surface area (Å²) in [6.45, 7) is 0. The molecule has 0 fully saturated rings. The summed E-state index contributed by atoms with van der Waals surface area (Å²) in [4.78, 5) is 21.9. The van der Waals surface area contributed by atoms with Crippen molar-refractivity contribution in [1.29, 1.82) is 0 Å². The molecule has 0 aliphatic heterocycles. The van der Waals surface area contributed by atoms with Crippen molar-refractivity contribution in [3.63, 3.8) is 0 Å². The van der Waals surface area contributed by atoms with Gasteiger partial charge in [-0.1, -0.05) is 6.07 Å². The monoisotopic (exact) mass is 244 g/mol. The predicted molar refractivity (Wildman–Crippen MR) is 71.7 cm³/mol. The molecule has 0 spiro atoms. The van der Waals surface area contributed by atoms with Gasteiger partial charge in [-0.25, -0.2) is 4.99 Å². The van der Waals surface area contributed by atoms with Crippen molar-refractivity contribution in [3.05, 3.63) is 40.8 Å². The summed E-state index contributed by atoms with van der Waals surface area (Å²) < 4.78 is 0. The van der Waals surface area contributed by atoms with Gasteiger partial charge in [-0.3, -0.25) is 4.79 Å². The van der Waals surface area contributed by atoms with Crippen molar-refractivity contribution in [1.82, 2.24) is 4.98 Å². The topological polar surface area (TPSA) is 136 Å². The number of aromatic nitrogens is 1. The number of guanidine groups is 2. The zero-order valence-electron chi connectivity index (χ0n) is 9.42. The van der Waals surface area contributed by atoms with Crippen LogP contribution in [0.4, 0.5) is 5.69 Å². The van der Waals surface area contributed by atoms with Gasteiger partial charge in [0.25, 0.3) is 5.56 Å². The van der Waals surface area contributed by atoms with Crippen LogP contribution in [-0.4, -0.2) is 16.9 Å². The minimum atomic E-state index is -0.190. The first-order chi connectivity index (χ1) is 8.58. The lowest BCUT2D eigenvalue weighted by Gasteiger charge is -2.01. The lowest BCUT2D eigenvalue weighted by Crippen LogP contribution is -2.26. The number of aromatic amines is 1. The number of nitrogens with zero attached hydrogens (tertiary/aromatic N) is 2. The van der Waals surface area contributed by atoms with Crippen LogP contribution in [0.15, 0.2) is 45.2 Å². The Labute approximate surface area is 102 Å². The lowest BCUT2D eigenvalue weighted by molar-refractivity contribution is 1.27. The highest BCUT2D eigenvalue weighted by Gasteiger charge is 2.02.